The zero-order valence-corrected chi connectivity index (χ0v) is 38.7. The molecule has 63 heavy (non-hydrogen) atoms. The number of benzene rings is 5. The van der Waals surface area contributed by atoms with Crippen molar-refractivity contribution in [3.63, 3.8) is 0 Å². The fourth-order valence-electron chi connectivity index (χ4n) is 9.81. The monoisotopic (exact) mass is 904 g/mol. The Balaban J connectivity index is 0.888. The average molecular weight is 905 g/mol. The molecule has 0 fully saturated rings. The van der Waals surface area contributed by atoms with E-state index in [1.807, 2.05) is 28.7 Å². The first-order chi connectivity index (χ1) is 30.5. The summed E-state index contributed by atoms with van der Waals surface area (Å²) in [5.41, 5.74) is 14.9. The molecule has 0 saturated heterocycles. The van der Waals surface area contributed by atoms with E-state index in [0.29, 0.717) is 0 Å². The van der Waals surface area contributed by atoms with Gasteiger partial charge in [0.05, 0.1) is 9.40 Å². The zero-order chi connectivity index (χ0) is 42.9. The number of hydrogen-bond donors (Lipinski definition) is 1. The minimum absolute atomic E-state index is 0.114. The van der Waals surface area contributed by atoms with Crippen LogP contribution in [0.25, 0.3) is 76.7 Å². The van der Waals surface area contributed by atoms with Gasteiger partial charge in [-0.1, -0.05) is 100 Å². The van der Waals surface area contributed by atoms with Crippen molar-refractivity contribution in [3.05, 3.63) is 166 Å². The Morgan fingerprint density at radius 3 is 1.63 bits per heavy atom. The molecule has 0 aliphatic heterocycles. The molecule has 0 amide bonds. The molecule has 9 heteroatoms. The number of rotatable bonds is 7. The highest BCUT2D eigenvalue weighted by molar-refractivity contribution is 7.40. The summed E-state index contributed by atoms with van der Waals surface area (Å²) >= 11 is 8.72. The molecule has 1 N–H and O–H groups in total. The van der Waals surface area contributed by atoms with Gasteiger partial charge in [0, 0.05) is 66.2 Å². The van der Waals surface area contributed by atoms with E-state index in [9.17, 15) is 15.2 Å². The molecule has 0 saturated carbocycles. The Morgan fingerprint density at radius 1 is 0.540 bits per heavy atom. The van der Waals surface area contributed by atoms with Crippen molar-refractivity contribution in [1.82, 2.24) is 0 Å². The highest BCUT2D eigenvalue weighted by Crippen LogP contribution is 2.54. The number of fused-ring (bicyclic) bond motifs is 10. The molecule has 5 aromatic carbocycles. The summed E-state index contributed by atoms with van der Waals surface area (Å²) in [5, 5.41) is 18.6. The van der Waals surface area contributed by atoms with Crippen LogP contribution in [0.15, 0.2) is 139 Å². The lowest BCUT2D eigenvalue weighted by molar-refractivity contribution is -0.132. The quantitative estimate of drug-likeness (QED) is 0.128. The van der Waals surface area contributed by atoms with E-state index in [2.05, 4.69) is 160 Å². The minimum Gasteiger partial charge on any atom is -0.477 e. The van der Waals surface area contributed by atoms with Gasteiger partial charge in [0.25, 0.3) is 0 Å². The molecule has 0 radical (unpaired) electrons. The molecule has 0 atom stereocenters. The van der Waals surface area contributed by atoms with Crippen LogP contribution in [0.5, 0.6) is 0 Å². The lowest BCUT2D eigenvalue weighted by Gasteiger charge is -2.30. The molecule has 5 aromatic heterocycles. The van der Waals surface area contributed by atoms with E-state index in [1.165, 1.54) is 89.6 Å². The number of carboxylic acids is 1. The predicted octanol–water partition coefficient (Wildman–Crippen LogP) is 16.9. The third-order valence-corrected chi connectivity index (χ3v) is 19.3. The van der Waals surface area contributed by atoms with E-state index >= 15 is 0 Å². The van der Waals surface area contributed by atoms with Gasteiger partial charge in [-0.3, -0.25) is 0 Å². The van der Waals surface area contributed by atoms with Gasteiger partial charge in [0.2, 0.25) is 0 Å². The van der Waals surface area contributed by atoms with Gasteiger partial charge < -0.3 is 10.0 Å². The molecule has 2 aliphatic carbocycles. The first-order valence-electron chi connectivity index (χ1n) is 20.7. The third-order valence-electron chi connectivity index (χ3n) is 13.0. The van der Waals surface area contributed by atoms with Crippen molar-refractivity contribution in [2.75, 3.05) is 4.90 Å². The Kier molecular flexibility index (Phi) is 8.53. The van der Waals surface area contributed by atoms with Crippen LogP contribution in [-0.2, 0) is 15.6 Å². The number of hydrogen-bond acceptors (Lipinski definition) is 8. The summed E-state index contributed by atoms with van der Waals surface area (Å²) in [4.78, 5) is 18.4. The van der Waals surface area contributed by atoms with Crippen molar-refractivity contribution in [1.29, 1.82) is 5.26 Å². The van der Waals surface area contributed by atoms with E-state index in [1.54, 1.807) is 40.1 Å². The number of aliphatic carboxylic acids is 1. The average Bonchev–Trinajstić information content (AvgIpc) is 4.15. The van der Waals surface area contributed by atoms with Crippen LogP contribution in [0, 0.1) is 11.3 Å². The molecule has 12 rings (SSSR count). The number of nitriles is 1. The van der Waals surface area contributed by atoms with Crippen molar-refractivity contribution >= 4 is 114 Å². The lowest BCUT2D eigenvalue weighted by atomic mass is 9.82. The van der Waals surface area contributed by atoms with Gasteiger partial charge in [-0.2, -0.15) is 5.26 Å². The molecular weight excluding hydrogens is 869 g/mol. The first-order valence-corrected chi connectivity index (χ1v) is 24.8. The fourth-order valence-corrected chi connectivity index (χ4v) is 16.3. The molecule has 0 spiro atoms. The molecule has 0 unspecified atom stereocenters. The maximum absolute atomic E-state index is 11.4. The highest BCUT2D eigenvalue weighted by atomic mass is 32.1. The van der Waals surface area contributed by atoms with Crippen molar-refractivity contribution in [2.45, 2.75) is 38.5 Å². The van der Waals surface area contributed by atoms with Crippen LogP contribution in [0.4, 0.5) is 17.1 Å². The van der Waals surface area contributed by atoms with E-state index in [-0.39, 0.29) is 16.4 Å². The summed E-state index contributed by atoms with van der Waals surface area (Å²) in [5.74, 6) is -1.20. The second-order valence-corrected chi connectivity index (χ2v) is 22.7. The molecular formula is C54H36N2O2S5. The number of thiophene rings is 5. The van der Waals surface area contributed by atoms with Gasteiger partial charge in [-0.25, -0.2) is 4.79 Å². The highest BCUT2D eigenvalue weighted by Gasteiger charge is 2.37. The normalized spacial score (nSPS) is 14.5. The smallest absolute Gasteiger partial charge is 0.346 e. The minimum atomic E-state index is -1.20. The van der Waals surface area contributed by atoms with Gasteiger partial charge in [0.1, 0.15) is 11.6 Å². The van der Waals surface area contributed by atoms with Crippen LogP contribution in [0.1, 0.15) is 54.8 Å². The van der Waals surface area contributed by atoms with Crippen molar-refractivity contribution in [3.8, 4) is 48.5 Å². The Labute approximate surface area is 384 Å². The van der Waals surface area contributed by atoms with Crippen LogP contribution in [-0.4, -0.2) is 11.1 Å². The van der Waals surface area contributed by atoms with E-state index in [0.717, 1.165) is 31.3 Å². The summed E-state index contributed by atoms with van der Waals surface area (Å²) in [6, 6.07) is 51.6. The van der Waals surface area contributed by atoms with Gasteiger partial charge in [-0.15, -0.1) is 56.7 Å². The van der Waals surface area contributed by atoms with Crippen LogP contribution < -0.4 is 4.90 Å². The van der Waals surface area contributed by atoms with Gasteiger partial charge >= 0.3 is 5.97 Å². The van der Waals surface area contributed by atoms with Crippen LogP contribution >= 0.6 is 56.7 Å². The fraction of sp³-hybridized carbons (Fsp3) is 0.111. The third kappa shape index (κ3) is 5.90. The molecule has 5 heterocycles. The van der Waals surface area contributed by atoms with Crippen molar-refractivity contribution in [2.24, 2.45) is 0 Å². The molecule has 10 aromatic rings. The molecule has 2 aliphatic rings. The number of carbonyl (C=O) groups is 1. The summed E-state index contributed by atoms with van der Waals surface area (Å²) < 4.78 is 7.29. The van der Waals surface area contributed by atoms with E-state index in [4.69, 9.17) is 0 Å². The predicted molar refractivity (Wildman–Crippen MR) is 270 cm³/mol. The largest absolute Gasteiger partial charge is 0.477 e. The van der Waals surface area contributed by atoms with Crippen molar-refractivity contribution < 1.29 is 9.90 Å². The van der Waals surface area contributed by atoms with E-state index < -0.39 is 5.97 Å². The maximum Gasteiger partial charge on any atom is 0.346 e. The number of carboxylic acid groups (broad SMARTS) is 1. The van der Waals surface area contributed by atoms with Gasteiger partial charge in [-0.05, 0) is 117 Å². The Hall–Kier alpha value is -6.12. The second-order valence-electron chi connectivity index (χ2n) is 17.4. The summed E-state index contributed by atoms with van der Waals surface area (Å²) in [7, 11) is 0. The Bertz CT molecular complexity index is 3500. The topological polar surface area (TPSA) is 64.3 Å². The number of anilines is 3. The second kappa shape index (κ2) is 13.9. The standard InChI is InChI=1S/C54H36N2O2S5/c1-53(2)39-11-7-5-9-35(39)37-19-17-32(22-41(37)53)56(33-18-20-38-36-10-6-8-12-40(36)54(3,4)42(38)23-33)31-15-13-29(14-16-31)43-25-44-45(60-43)26-46(61-44)47-27-49-51(63-47)50-48(62-49)24-34(59-50)21-30(28-55)52(57)58/h5-27H,1-4H3,(H,57,58)/b30-21-. The lowest BCUT2D eigenvalue weighted by Crippen LogP contribution is -2.18. The van der Waals surface area contributed by atoms with Gasteiger partial charge in [0.15, 0.2) is 0 Å². The molecule has 4 nitrogen and oxygen atoms in total. The number of nitrogens with zero attached hydrogens (tertiary/aromatic N) is 2. The zero-order valence-electron chi connectivity index (χ0n) is 34.6. The summed E-state index contributed by atoms with van der Waals surface area (Å²) in [6.07, 6.45) is 1.47. The maximum atomic E-state index is 11.4. The van der Waals surface area contributed by atoms with Crippen LogP contribution in [0.3, 0.4) is 0 Å². The molecule has 304 valence electrons. The Morgan fingerprint density at radius 2 is 1.03 bits per heavy atom. The SMILES string of the molecule is CC1(C)c2ccccc2-c2ccc(N(c3ccc(-c4cc5sc(-c6cc7sc8cc(/C=C(/C#N)C(=O)O)sc8c7s6)cc5s4)cc3)c3ccc4c(c3)C(C)(C)c3ccccc3-4)cc21. The summed E-state index contributed by atoms with van der Waals surface area (Å²) in [6.45, 7) is 9.40. The van der Waals surface area contributed by atoms with Crippen LogP contribution in [0.2, 0.25) is 0 Å². The molecule has 0 bridgehead atoms. The first kappa shape index (κ1) is 38.5.